The Morgan fingerprint density at radius 3 is 3.00 bits per heavy atom. The maximum atomic E-state index is 11.5. The van der Waals surface area contributed by atoms with Crippen molar-refractivity contribution in [3.63, 3.8) is 0 Å². The fourth-order valence-electron chi connectivity index (χ4n) is 2.74. The monoisotopic (exact) mass is 308 g/mol. The molecule has 0 aliphatic carbocycles. The number of esters is 1. The van der Waals surface area contributed by atoms with Gasteiger partial charge in [-0.3, -0.25) is 0 Å². The molecule has 21 heavy (non-hydrogen) atoms. The van der Waals surface area contributed by atoms with Gasteiger partial charge in [0.05, 0.1) is 35.9 Å². The van der Waals surface area contributed by atoms with Crippen molar-refractivity contribution in [1.82, 2.24) is 9.38 Å². The van der Waals surface area contributed by atoms with E-state index < -0.39 is 9.84 Å². The van der Waals surface area contributed by atoms with Crippen LogP contribution >= 0.6 is 0 Å². The normalized spacial score (nSPS) is 20.7. The number of aromatic nitrogens is 2. The van der Waals surface area contributed by atoms with Crippen LogP contribution < -0.4 is 0 Å². The number of nitrogens with zero attached hydrogens (tertiary/aromatic N) is 2. The molecule has 6 nitrogen and oxygen atoms in total. The molecule has 2 aromatic rings. The van der Waals surface area contributed by atoms with Crippen molar-refractivity contribution in [3.05, 3.63) is 35.9 Å². The van der Waals surface area contributed by atoms with Gasteiger partial charge in [-0.1, -0.05) is 0 Å². The first kappa shape index (κ1) is 14.1. The highest BCUT2D eigenvalue weighted by molar-refractivity contribution is 7.91. The van der Waals surface area contributed by atoms with Crippen molar-refractivity contribution in [1.29, 1.82) is 0 Å². The predicted octanol–water partition coefficient (Wildman–Crippen LogP) is 1.10. The maximum absolute atomic E-state index is 11.5. The van der Waals surface area contributed by atoms with Crippen LogP contribution in [-0.4, -0.2) is 42.4 Å². The predicted molar refractivity (Wildman–Crippen MR) is 77.0 cm³/mol. The number of hydrogen-bond acceptors (Lipinski definition) is 5. The zero-order chi connectivity index (χ0) is 15.0. The smallest absolute Gasteiger partial charge is 0.337 e. The van der Waals surface area contributed by atoms with Crippen molar-refractivity contribution in [3.8, 4) is 0 Å². The van der Waals surface area contributed by atoms with Gasteiger partial charge >= 0.3 is 5.97 Å². The number of hydrogen-bond donors (Lipinski definition) is 0. The van der Waals surface area contributed by atoms with Gasteiger partial charge in [0, 0.05) is 12.6 Å². The highest BCUT2D eigenvalue weighted by Crippen LogP contribution is 2.23. The first-order valence-electron chi connectivity index (χ1n) is 6.73. The Morgan fingerprint density at radius 2 is 2.33 bits per heavy atom. The van der Waals surface area contributed by atoms with Gasteiger partial charge in [-0.15, -0.1) is 0 Å². The van der Waals surface area contributed by atoms with Crippen molar-refractivity contribution >= 4 is 21.3 Å². The Bertz CT molecular complexity index is 794. The van der Waals surface area contributed by atoms with Crippen molar-refractivity contribution in [2.45, 2.75) is 12.8 Å². The second-order valence-corrected chi connectivity index (χ2v) is 7.58. The van der Waals surface area contributed by atoms with Crippen molar-refractivity contribution < 1.29 is 17.9 Å². The number of rotatable bonds is 3. The van der Waals surface area contributed by atoms with Gasteiger partial charge in [0.25, 0.3) is 0 Å². The molecule has 3 rings (SSSR count). The second-order valence-electron chi connectivity index (χ2n) is 5.35. The molecule has 1 aliphatic rings. The summed E-state index contributed by atoms with van der Waals surface area (Å²) >= 11 is 0. The standard InChI is InChI=1S/C14H16N2O4S/c1-20-14(17)11-2-4-16-12(7-11)8-15-13(16)6-10-3-5-21(18,19)9-10/h2,4,7-8,10H,3,5-6,9H2,1H3. The van der Waals surface area contributed by atoms with E-state index in [9.17, 15) is 13.2 Å². The molecule has 1 atom stereocenters. The first-order valence-corrected chi connectivity index (χ1v) is 8.55. The summed E-state index contributed by atoms with van der Waals surface area (Å²) in [5.74, 6) is 1.07. The fourth-order valence-corrected chi connectivity index (χ4v) is 4.60. The molecule has 1 unspecified atom stereocenters. The van der Waals surface area contributed by atoms with Crippen LogP contribution in [0.4, 0.5) is 0 Å². The topological polar surface area (TPSA) is 77.7 Å². The van der Waals surface area contributed by atoms with E-state index >= 15 is 0 Å². The van der Waals surface area contributed by atoms with E-state index in [2.05, 4.69) is 9.72 Å². The summed E-state index contributed by atoms with van der Waals surface area (Å²) in [6.07, 6.45) is 4.78. The maximum Gasteiger partial charge on any atom is 0.337 e. The van der Waals surface area contributed by atoms with E-state index in [0.29, 0.717) is 18.4 Å². The lowest BCUT2D eigenvalue weighted by atomic mass is 10.1. The molecule has 1 fully saturated rings. The van der Waals surface area contributed by atoms with Crippen molar-refractivity contribution in [2.75, 3.05) is 18.6 Å². The van der Waals surface area contributed by atoms with E-state index in [1.807, 2.05) is 4.40 Å². The highest BCUT2D eigenvalue weighted by Gasteiger charge is 2.28. The summed E-state index contributed by atoms with van der Waals surface area (Å²) in [6.45, 7) is 0. The minimum absolute atomic E-state index is 0.126. The number of ether oxygens (including phenoxy) is 1. The molecular weight excluding hydrogens is 292 g/mol. The number of pyridine rings is 1. The number of fused-ring (bicyclic) bond motifs is 1. The van der Waals surface area contributed by atoms with Gasteiger partial charge in [0.2, 0.25) is 0 Å². The molecule has 0 bridgehead atoms. The summed E-state index contributed by atoms with van der Waals surface area (Å²) < 4.78 is 29.6. The van der Waals surface area contributed by atoms with Gasteiger partial charge in [-0.2, -0.15) is 0 Å². The van der Waals surface area contributed by atoms with Crippen molar-refractivity contribution in [2.24, 2.45) is 5.92 Å². The molecule has 112 valence electrons. The van der Waals surface area contributed by atoms with Crippen LogP contribution in [0.2, 0.25) is 0 Å². The van der Waals surface area contributed by atoms with Crippen LogP contribution in [0.3, 0.4) is 0 Å². The van der Waals surface area contributed by atoms with Gasteiger partial charge in [0.15, 0.2) is 9.84 Å². The summed E-state index contributed by atoms with van der Waals surface area (Å²) in [5, 5.41) is 0. The Kier molecular flexibility index (Phi) is 3.44. The Labute approximate surface area is 122 Å². The Balaban J connectivity index is 1.86. The third-order valence-electron chi connectivity index (χ3n) is 3.83. The van der Waals surface area contributed by atoms with Crippen LogP contribution in [0.5, 0.6) is 0 Å². The van der Waals surface area contributed by atoms with Crippen LogP contribution in [0.25, 0.3) is 5.52 Å². The molecule has 0 saturated carbocycles. The average Bonchev–Trinajstić information content (AvgIpc) is 3.01. The van der Waals surface area contributed by atoms with Gasteiger partial charge < -0.3 is 9.14 Å². The average molecular weight is 308 g/mol. The highest BCUT2D eigenvalue weighted by atomic mass is 32.2. The van der Waals surface area contributed by atoms with E-state index in [1.54, 1.807) is 24.5 Å². The molecule has 3 heterocycles. The van der Waals surface area contributed by atoms with E-state index in [1.165, 1.54) is 7.11 Å². The third-order valence-corrected chi connectivity index (χ3v) is 5.66. The van der Waals surface area contributed by atoms with Gasteiger partial charge in [-0.25, -0.2) is 18.2 Å². The zero-order valence-corrected chi connectivity index (χ0v) is 12.5. The fraction of sp³-hybridized carbons (Fsp3) is 0.429. The molecule has 1 saturated heterocycles. The minimum Gasteiger partial charge on any atom is -0.465 e. The lowest BCUT2D eigenvalue weighted by Crippen LogP contribution is -2.10. The second kappa shape index (κ2) is 5.14. The Morgan fingerprint density at radius 1 is 1.52 bits per heavy atom. The number of sulfone groups is 1. The molecule has 0 spiro atoms. The molecular formula is C14H16N2O4S. The summed E-state index contributed by atoms with van der Waals surface area (Å²) in [7, 11) is -1.53. The third kappa shape index (κ3) is 2.78. The van der Waals surface area contributed by atoms with Crippen LogP contribution in [0, 0.1) is 5.92 Å². The summed E-state index contributed by atoms with van der Waals surface area (Å²) in [5.41, 5.74) is 1.27. The zero-order valence-electron chi connectivity index (χ0n) is 11.7. The minimum atomic E-state index is -2.87. The molecule has 0 aromatic carbocycles. The number of carbonyl (C=O) groups excluding carboxylic acids is 1. The van der Waals surface area contributed by atoms with E-state index in [0.717, 1.165) is 11.3 Å². The quantitative estimate of drug-likeness (QED) is 0.793. The molecule has 0 radical (unpaired) electrons. The van der Waals surface area contributed by atoms with Crippen LogP contribution in [-0.2, 0) is 21.0 Å². The number of methoxy groups -OCH3 is 1. The van der Waals surface area contributed by atoms with Crippen LogP contribution in [0.1, 0.15) is 22.6 Å². The lowest BCUT2D eigenvalue weighted by Gasteiger charge is -2.07. The Hall–Kier alpha value is -1.89. The largest absolute Gasteiger partial charge is 0.465 e. The molecule has 7 heteroatoms. The summed E-state index contributed by atoms with van der Waals surface area (Å²) in [4.78, 5) is 15.8. The van der Waals surface area contributed by atoms with Gasteiger partial charge in [-0.05, 0) is 24.5 Å². The van der Waals surface area contributed by atoms with Gasteiger partial charge in [0.1, 0.15) is 5.82 Å². The number of imidazole rings is 1. The first-order chi connectivity index (χ1) is 9.98. The summed E-state index contributed by atoms with van der Waals surface area (Å²) in [6, 6.07) is 3.39. The number of carbonyl (C=O) groups is 1. The van der Waals surface area contributed by atoms with E-state index in [4.69, 9.17) is 0 Å². The van der Waals surface area contributed by atoms with Crippen LogP contribution in [0.15, 0.2) is 24.5 Å². The molecule has 0 amide bonds. The molecule has 1 aliphatic heterocycles. The SMILES string of the molecule is COC(=O)c1ccn2c(CC3CCS(=O)(=O)C3)ncc2c1. The van der Waals surface area contributed by atoms with E-state index in [-0.39, 0.29) is 23.4 Å². The molecule has 0 N–H and O–H groups in total. The molecule has 2 aromatic heterocycles. The lowest BCUT2D eigenvalue weighted by molar-refractivity contribution is 0.0600.